The summed E-state index contributed by atoms with van der Waals surface area (Å²) in [5.74, 6) is -0.548. The van der Waals surface area contributed by atoms with Gasteiger partial charge < -0.3 is 19.2 Å². The fraction of sp³-hybridized carbons (Fsp3) is 0.120. The first-order valence-corrected chi connectivity index (χ1v) is 9.90. The molecule has 4 rings (SSSR count). The van der Waals surface area contributed by atoms with E-state index in [1.54, 1.807) is 55.5 Å². The van der Waals surface area contributed by atoms with Gasteiger partial charge in [-0.15, -0.1) is 0 Å². The van der Waals surface area contributed by atoms with Gasteiger partial charge in [-0.1, -0.05) is 24.3 Å². The predicted molar refractivity (Wildman–Crippen MR) is 118 cm³/mol. The highest BCUT2D eigenvalue weighted by molar-refractivity contribution is 6.17. The van der Waals surface area contributed by atoms with Crippen LogP contribution in [0.25, 0.3) is 11.0 Å². The predicted octanol–water partition coefficient (Wildman–Crippen LogP) is 5.22. The summed E-state index contributed by atoms with van der Waals surface area (Å²) >= 11 is 0. The molecule has 4 aromatic rings. The molecular formula is C25H20FNO5. The number of ketones is 1. The summed E-state index contributed by atoms with van der Waals surface area (Å²) < 4.78 is 30.1. The number of nitrogens with one attached hydrogen (secondary N) is 1. The van der Waals surface area contributed by atoms with Gasteiger partial charge in [-0.05, 0) is 55.5 Å². The molecule has 0 bridgehead atoms. The Balaban J connectivity index is 1.64. The minimum Gasteiger partial charge on any atom is -0.493 e. The highest BCUT2D eigenvalue weighted by Crippen LogP contribution is 2.33. The van der Waals surface area contributed by atoms with Crippen LogP contribution in [0.15, 0.2) is 77.2 Å². The number of anilines is 1. The molecule has 1 unspecified atom stereocenters. The quantitative estimate of drug-likeness (QED) is 0.405. The Morgan fingerprint density at radius 3 is 2.31 bits per heavy atom. The van der Waals surface area contributed by atoms with Crippen LogP contribution in [0.4, 0.5) is 10.1 Å². The molecular weight excluding hydrogens is 413 g/mol. The lowest BCUT2D eigenvalue weighted by molar-refractivity contribution is -0.122. The van der Waals surface area contributed by atoms with Gasteiger partial charge in [0.05, 0.1) is 12.8 Å². The van der Waals surface area contributed by atoms with Gasteiger partial charge in [0.25, 0.3) is 5.91 Å². The summed E-state index contributed by atoms with van der Waals surface area (Å²) in [7, 11) is 1.51. The Kier molecular flexibility index (Phi) is 5.89. The number of methoxy groups -OCH3 is 1. The number of para-hydroxylation sites is 3. The molecule has 0 fully saturated rings. The van der Waals surface area contributed by atoms with Crippen molar-refractivity contribution in [3.05, 3.63) is 89.9 Å². The van der Waals surface area contributed by atoms with Gasteiger partial charge in [-0.3, -0.25) is 9.59 Å². The highest BCUT2D eigenvalue weighted by Gasteiger charge is 2.26. The van der Waals surface area contributed by atoms with Crippen molar-refractivity contribution in [1.29, 1.82) is 0 Å². The van der Waals surface area contributed by atoms with Gasteiger partial charge in [-0.2, -0.15) is 0 Å². The monoisotopic (exact) mass is 433 g/mol. The third kappa shape index (κ3) is 4.18. The molecule has 1 amide bonds. The second-order valence-corrected chi connectivity index (χ2v) is 7.04. The Morgan fingerprint density at radius 1 is 0.938 bits per heavy atom. The number of halogens is 1. The maximum Gasteiger partial charge on any atom is 0.265 e. The van der Waals surface area contributed by atoms with E-state index in [9.17, 15) is 14.0 Å². The number of carbonyl (C=O) groups is 2. The van der Waals surface area contributed by atoms with E-state index in [0.717, 1.165) is 0 Å². The first kappa shape index (κ1) is 21.1. The van der Waals surface area contributed by atoms with Crippen LogP contribution in [0.1, 0.15) is 23.0 Å². The van der Waals surface area contributed by atoms with E-state index in [0.29, 0.717) is 22.5 Å². The molecule has 0 aliphatic rings. The van der Waals surface area contributed by atoms with E-state index in [1.807, 2.05) is 0 Å². The van der Waals surface area contributed by atoms with Gasteiger partial charge in [0.1, 0.15) is 11.4 Å². The molecule has 162 valence electrons. The lowest BCUT2D eigenvalue weighted by Gasteiger charge is -2.16. The van der Waals surface area contributed by atoms with Gasteiger partial charge in [-0.25, -0.2) is 4.39 Å². The number of rotatable bonds is 7. The molecule has 32 heavy (non-hydrogen) atoms. The number of hydrogen-bond acceptors (Lipinski definition) is 5. The van der Waals surface area contributed by atoms with Crippen molar-refractivity contribution in [2.24, 2.45) is 0 Å². The second kappa shape index (κ2) is 8.93. The molecule has 1 atom stereocenters. The maximum atomic E-state index is 13.3. The van der Waals surface area contributed by atoms with Crippen LogP contribution in [0, 0.1) is 5.82 Å². The summed E-state index contributed by atoms with van der Waals surface area (Å²) in [6.45, 7) is 1.59. The van der Waals surface area contributed by atoms with Gasteiger partial charge in [0.15, 0.2) is 23.4 Å². The number of benzene rings is 3. The molecule has 7 heteroatoms. The van der Waals surface area contributed by atoms with Crippen LogP contribution in [-0.4, -0.2) is 24.9 Å². The molecule has 1 aromatic heterocycles. The molecule has 0 aliphatic carbocycles. The van der Waals surface area contributed by atoms with E-state index in [1.165, 1.54) is 31.4 Å². The zero-order chi connectivity index (χ0) is 22.7. The molecule has 1 heterocycles. The minimum atomic E-state index is -0.895. The number of amides is 1. The summed E-state index contributed by atoms with van der Waals surface area (Å²) in [4.78, 5) is 26.0. The minimum absolute atomic E-state index is 0.0457. The number of carbonyl (C=O) groups excluding carboxylic acids is 2. The van der Waals surface area contributed by atoms with Crippen molar-refractivity contribution in [2.45, 2.75) is 13.0 Å². The number of hydrogen-bond donors (Lipinski definition) is 1. The molecule has 0 saturated carbocycles. The number of ether oxygens (including phenoxy) is 2. The molecule has 6 nitrogen and oxygen atoms in total. The SMILES string of the molecule is COc1ccccc1OC(C)C(=O)Nc1c(C(=O)c2ccc(F)cc2)oc2ccccc12. The lowest BCUT2D eigenvalue weighted by Crippen LogP contribution is -2.30. The smallest absolute Gasteiger partial charge is 0.265 e. The van der Waals surface area contributed by atoms with Crippen LogP contribution in [-0.2, 0) is 4.79 Å². The van der Waals surface area contributed by atoms with E-state index >= 15 is 0 Å². The van der Waals surface area contributed by atoms with Gasteiger partial charge in [0, 0.05) is 10.9 Å². The molecule has 0 saturated heterocycles. The van der Waals surface area contributed by atoms with Crippen LogP contribution in [0.2, 0.25) is 0 Å². The standard InChI is InChI=1S/C25H20FNO5/c1-15(31-21-10-6-5-9-20(21)30-2)25(29)27-22-18-7-3-4-8-19(18)32-24(22)23(28)16-11-13-17(26)14-12-16/h3-15H,1-2H3,(H,27,29). The van der Waals surface area contributed by atoms with E-state index < -0.39 is 23.6 Å². The maximum absolute atomic E-state index is 13.3. The Labute approximate surface area is 183 Å². The first-order chi connectivity index (χ1) is 15.5. The average Bonchev–Trinajstić information content (AvgIpc) is 3.17. The Hall–Kier alpha value is -4.13. The summed E-state index contributed by atoms with van der Waals surface area (Å²) in [6, 6.07) is 19.1. The average molecular weight is 433 g/mol. The molecule has 3 aromatic carbocycles. The Morgan fingerprint density at radius 2 is 1.59 bits per heavy atom. The van der Waals surface area contributed by atoms with Crippen molar-refractivity contribution < 1.29 is 27.9 Å². The third-order valence-corrected chi connectivity index (χ3v) is 4.90. The molecule has 1 N–H and O–H groups in total. The van der Waals surface area contributed by atoms with E-state index in [2.05, 4.69) is 5.32 Å². The van der Waals surface area contributed by atoms with Crippen molar-refractivity contribution in [3.63, 3.8) is 0 Å². The zero-order valence-corrected chi connectivity index (χ0v) is 17.4. The van der Waals surface area contributed by atoms with Crippen molar-refractivity contribution >= 4 is 28.3 Å². The van der Waals surface area contributed by atoms with E-state index in [-0.39, 0.29) is 17.0 Å². The normalized spacial score (nSPS) is 11.7. The van der Waals surface area contributed by atoms with Crippen molar-refractivity contribution in [1.82, 2.24) is 0 Å². The molecule has 0 aliphatic heterocycles. The molecule has 0 spiro atoms. The second-order valence-electron chi connectivity index (χ2n) is 7.04. The van der Waals surface area contributed by atoms with Gasteiger partial charge >= 0.3 is 0 Å². The van der Waals surface area contributed by atoms with Crippen LogP contribution < -0.4 is 14.8 Å². The number of furan rings is 1. The van der Waals surface area contributed by atoms with Crippen molar-refractivity contribution in [3.8, 4) is 11.5 Å². The first-order valence-electron chi connectivity index (χ1n) is 9.90. The zero-order valence-electron chi connectivity index (χ0n) is 17.4. The highest BCUT2D eigenvalue weighted by atomic mass is 19.1. The van der Waals surface area contributed by atoms with Gasteiger partial charge in [0.2, 0.25) is 5.78 Å². The topological polar surface area (TPSA) is 77.8 Å². The van der Waals surface area contributed by atoms with Crippen LogP contribution >= 0.6 is 0 Å². The van der Waals surface area contributed by atoms with Crippen molar-refractivity contribution in [2.75, 3.05) is 12.4 Å². The summed E-state index contributed by atoms with van der Waals surface area (Å²) in [6.07, 6.45) is -0.895. The third-order valence-electron chi connectivity index (χ3n) is 4.90. The largest absolute Gasteiger partial charge is 0.493 e. The van der Waals surface area contributed by atoms with E-state index in [4.69, 9.17) is 13.9 Å². The Bertz CT molecular complexity index is 1280. The molecule has 0 radical (unpaired) electrons. The summed E-state index contributed by atoms with van der Waals surface area (Å²) in [5.41, 5.74) is 0.904. The van der Waals surface area contributed by atoms with Crippen LogP contribution in [0.5, 0.6) is 11.5 Å². The summed E-state index contributed by atoms with van der Waals surface area (Å²) in [5, 5.41) is 3.33. The number of fused-ring (bicyclic) bond motifs is 1. The lowest BCUT2D eigenvalue weighted by atomic mass is 10.1. The fourth-order valence-corrected chi connectivity index (χ4v) is 3.25. The van der Waals surface area contributed by atoms with Crippen LogP contribution in [0.3, 0.4) is 0 Å². The fourth-order valence-electron chi connectivity index (χ4n) is 3.25.